The van der Waals surface area contributed by atoms with E-state index in [-0.39, 0.29) is 18.1 Å². The lowest BCUT2D eigenvalue weighted by Gasteiger charge is -2.10. The van der Waals surface area contributed by atoms with Crippen molar-refractivity contribution in [1.82, 2.24) is 19.9 Å². The number of rotatable bonds is 3. The molecule has 7 heteroatoms. The predicted octanol–water partition coefficient (Wildman–Crippen LogP) is -0.627. The zero-order valence-electron chi connectivity index (χ0n) is 8.76. The zero-order chi connectivity index (χ0) is 11.6. The Morgan fingerprint density at radius 1 is 1.47 bits per heavy atom. The summed E-state index contributed by atoms with van der Waals surface area (Å²) in [7, 11) is 3.24. The highest BCUT2D eigenvalue weighted by atomic mass is 16.4. The van der Waals surface area contributed by atoms with E-state index in [1.54, 1.807) is 21.0 Å². The maximum absolute atomic E-state index is 11.3. The Bertz CT molecular complexity index is 397. The monoisotopic (exact) mass is 212 g/mol. The molecule has 82 valence electrons. The minimum Gasteiger partial charge on any atom is -0.476 e. The van der Waals surface area contributed by atoms with Gasteiger partial charge in [0.15, 0.2) is 5.69 Å². The molecule has 0 unspecified atom stereocenters. The molecule has 0 aromatic carbocycles. The molecule has 1 aromatic rings. The molecule has 1 amide bonds. The second-order valence-corrected chi connectivity index (χ2v) is 3.27. The number of carboxylic acids is 1. The van der Waals surface area contributed by atoms with Crippen molar-refractivity contribution >= 4 is 11.9 Å². The summed E-state index contributed by atoms with van der Waals surface area (Å²) in [6.07, 6.45) is 0. The number of nitrogens with zero attached hydrogens (tertiary/aromatic N) is 4. The molecular formula is C8H12N4O3. The standard InChI is InChI=1S/C8H12N4O3/c1-5-7(8(14)15)9-10-12(5)4-6(13)11(2)3/h4H2,1-3H3,(H,14,15). The molecule has 0 radical (unpaired) electrons. The molecule has 0 bridgehead atoms. The van der Waals surface area contributed by atoms with Gasteiger partial charge in [-0.3, -0.25) is 4.79 Å². The van der Waals surface area contributed by atoms with Gasteiger partial charge in [-0.05, 0) is 6.92 Å². The lowest BCUT2D eigenvalue weighted by atomic mass is 10.3. The van der Waals surface area contributed by atoms with Gasteiger partial charge in [-0.15, -0.1) is 5.10 Å². The van der Waals surface area contributed by atoms with Gasteiger partial charge in [-0.25, -0.2) is 9.48 Å². The van der Waals surface area contributed by atoms with Crippen molar-refractivity contribution < 1.29 is 14.7 Å². The zero-order valence-corrected chi connectivity index (χ0v) is 8.76. The van der Waals surface area contributed by atoms with Crippen molar-refractivity contribution in [1.29, 1.82) is 0 Å². The first-order valence-corrected chi connectivity index (χ1v) is 4.27. The smallest absolute Gasteiger partial charge is 0.358 e. The molecule has 0 fully saturated rings. The van der Waals surface area contributed by atoms with E-state index in [4.69, 9.17) is 5.11 Å². The number of carboxylic acid groups (broad SMARTS) is 1. The number of carbonyl (C=O) groups excluding carboxylic acids is 1. The fraction of sp³-hybridized carbons (Fsp3) is 0.500. The molecule has 0 saturated heterocycles. The summed E-state index contributed by atoms with van der Waals surface area (Å²) in [6, 6.07) is 0. The maximum atomic E-state index is 11.3. The third-order valence-corrected chi connectivity index (χ3v) is 1.97. The van der Waals surface area contributed by atoms with Gasteiger partial charge in [0.2, 0.25) is 5.91 Å². The molecule has 1 aromatic heterocycles. The topological polar surface area (TPSA) is 88.3 Å². The molecule has 15 heavy (non-hydrogen) atoms. The third kappa shape index (κ3) is 2.30. The molecule has 1 N–H and O–H groups in total. The van der Waals surface area contributed by atoms with Crippen LogP contribution in [0.15, 0.2) is 0 Å². The molecule has 0 aliphatic heterocycles. The van der Waals surface area contributed by atoms with Crippen LogP contribution < -0.4 is 0 Å². The van der Waals surface area contributed by atoms with E-state index in [1.165, 1.54) is 9.58 Å². The van der Waals surface area contributed by atoms with Crippen LogP contribution in [0.1, 0.15) is 16.2 Å². The van der Waals surface area contributed by atoms with Crippen molar-refractivity contribution in [3.63, 3.8) is 0 Å². The van der Waals surface area contributed by atoms with Crippen molar-refractivity contribution in [2.45, 2.75) is 13.5 Å². The van der Waals surface area contributed by atoms with Gasteiger partial charge in [0, 0.05) is 14.1 Å². The molecule has 7 nitrogen and oxygen atoms in total. The Balaban J connectivity index is 2.88. The van der Waals surface area contributed by atoms with Crippen LogP contribution in [0.5, 0.6) is 0 Å². The van der Waals surface area contributed by atoms with Crippen molar-refractivity contribution in [2.75, 3.05) is 14.1 Å². The molecule has 1 rings (SSSR count). The Labute approximate surface area is 86.3 Å². The van der Waals surface area contributed by atoms with E-state index in [2.05, 4.69) is 10.3 Å². The van der Waals surface area contributed by atoms with Crippen LogP contribution in [-0.4, -0.2) is 51.0 Å². The molecule has 0 spiro atoms. The van der Waals surface area contributed by atoms with Crippen LogP contribution >= 0.6 is 0 Å². The highest BCUT2D eigenvalue weighted by Crippen LogP contribution is 2.03. The summed E-state index contributed by atoms with van der Waals surface area (Å²) in [5.41, 5.74) is 0.249. The maximum Gasteiger partial charge on any atom is 0.358 e. The first-order chi connectivity index (χ1) is 6.93. The number of aromatic carboxylic acids is 1. The second-order valence-electron chi connectivity index (χ2n) is 3.27. The van der Waals surface area contributed by atoms with Gasteiger partial charge in [0.05, 0.1) is 5.69 Å². The quantitative estimate of drug-likeness (QED) is 0.720. The molecule has 0 aliphatic carbocycles. The Morgan fingerprint density at radius 2 is 2.07 bits per heavy atom. The fourth-order valence-electron chi connectivity index (χ4n) is 0.978. The lowest BCUT2D eigenvalue weighted by molar-refractivity contribution is -0.129. The van der Waals surface area contributed by atoms with E-state index in [0.29, 0.717) is 5.69 Å². The van der Waals surface area contributed by atoms with Gasteiger partial charge in [0.25, 0.3) is 0 Å². The molecule has 0 aliphatic rings. The molecule has 1 heterocycles. The van der Waals surface area contributed by atoms with E-state index in [9.17, 15) is 9.59 Å². The number of likely N-dealkylation sites (N-methyl/N-ethyl adjacent to an activating group) is 1. The number of carbonyl (C=O) groups is 2. The summed E-state index contributed by atoms with van der Waals surface area (Å²) in [4.78, 5) is 23.4. The molecule has 0 atom stereocenters. The SMILES string of the molecule is Cc1c(C(=O)O)nnn1CC(=O)N(C)C. The Hall–Kier alpha value is -1.92. The van der Waals surface area contributed by atoms with Crippen LogP contribution in [0.2, 0.25) is 0 Å². The third-order valence-electron chi connectivity index (χ3n) is 1.97. The van der Waals surface area contributed by atoms with Gasteiger partial charge in [-0.1, -0.05) is 5.21 Å². The summed E-state index contributed by atoms with van der Waals surface area (Å²) < 4.78 is 1.27. The summed E-state index contributed by atoms with van der Waals surface area (Å²) in [5, 5.41) is 15.8. The van der Waals surface area contributed by atoms with Gasteiger partial charge >= 0.3 is 5.97 Å². The number of amides is 1. The van der Waals surface area contributed by atoms with Gasteiger partial charge < -0.3 is 10.0 Å². The normalized spacial score (nSPS) is 10.1. The second kappa shape index (κ2) is 4.07. The molecule has 0 saturated carbocycles. The minimum atomic E-state index is -1.14. The Kier molecular flexibility index (Phi) is 3.03. The van der Waals surface area contributed by atoms with Crippen LogP contribution in [-0.2, 0) is 11.3 Å². The highest BCUT2D eigenvalue weighted by molar-refractivity contribution is 5.86. The first-order valence-electron chi connectivity index (χ1n) is 4.27. The average Bonchev–Trinajstić information content (AvgIpc) is 2.48. The number of aromatic nitrogens is 3. The highest BCUT2D eigenvalue weighted by Gasteiger charge is 2.16. The van der Waals surface area contributed by atoms with Crippen molar-refractivity contribution in [3.8, 4) is 0 Å². The molecular weight excluding hydrogens is 200 g/mol. The lowest BCUT2D eigenvalue weighted by Crippen LogP contribution is -2.27. The van der Waals surface area contributed by atoms with E-state index in [1.807, 2.05) is 0 Å². The number of hydrogen-bond acceptors (Lipinski definition) is 4. The minimum absolute atomic E-state index is 0.000880. The fourth-order valence-corrected chi connectivity index (χ4v) is 0.978. The van der Waals surface area contributed by atoms with Gasteiger partial charge in [-0.2, -0.15) is 0 Å². The van der Waals surface area contributed by atoms with E-state index < -0.39 is 5.97 Å². The summed E-state index contributed by atoms with van der Waals surface area (Å²) in [6.45, 7) is 1.56. The van der Waals surface area contributed by atoms with Crippen LogP contribution in [0, 0.1) is 6.92 Å². The van der Waals surface area contributed by atoms with Crippen LogP contribution in [0.25, 0.3) is 0 Å². The summed E-state index contributed by atoms with van der Waals surface area (Å²) in [5.74, 6) is -1.31. The van der Waals surface area contributed by atoms with Gasteiger partial charge in [0.1, 0.15) is 6.54 Å². The Morgan fingerprint density at radius 3 is 2.47 bits per heavy atom. The van der Waals surface area contributed by atoms with Crippen molar-refractivity contribution in [3.05, 3.63) is 11.4 Å². The van der Waals surface area contributed by atoms with Crippen molar-refractivity contribution in [2.24, 2.45) is 0 Å². The summed E-state index contributed by atoms with van der Waals surface area (Å²) >= 11 is 0. The number of hydrogen-bond donors (Lipinski definition) is 1. The average molecular weight is 212 g/mol. The van der Waals surface area contributed by atoms with Crippen LogP contribution in [0.3, 0.4) is 0 Å². The van der Waals surface area contributed by atoms with Crippen LogP contribution in [0.4, 0.5) is 0 Å². The van der Waals surface area contributed by atoms with E-state index >= 15 is 0 Å². The predicted molar refractivity (Wildman–Crippen MR) is 50.4 cm³/mol. The largest absolute Gasteiger partial charge is 0.476 e. The van der Waals surface area contributed by atoms with E-state index in [0.717, 1.165) is 0 Å². The first kappa shape index (κ1) is 11.2.